The van der Waals surface area contributed by atoms with Crippen LogP contribution < -0.4 is 4.90 Å². The summed E-state index contributed by atoms with van der Waals surface area (Å²) in [6.45, 7) is 0. The van der Waals surface area contributed by atoms with Gasteiger partial charge in [-0.1, -0.05) is 152 Å². The van der Waals surface area contributed by atoms with Gasteiger partial charge in [0.05, 0.1) is 16.6 Å². The largest absolute Gasteiger partial charge is 0.316 e. The fraction of sp³-hybridized carbons (Fsp3) is 0. The van der Waals surface area contributed by atoms with Crippen molar-refractivity contribution in [1.82, 2.24) is 9.13 Å². The number of para-hydroxylation sites is 3. The smallest absolute Gasteiger partial charge is 0.0549 e. The van der Waals surface area contributed by atoms with Gasteiger partial charge in [-0.05, 0) is 147 Å². The summed E-state index contributed by atoms with van der Waals surface area (Å²) in [6, 6.07) is 93.5. The summed E-state index contributed by atoms with van der Waals surface area (Å²) in [7, 11) is 0. The van der Waals surface area contributed by atoms with Crippen molar-refractivity contribution in [1.29, 1.82) is 0 Å². The minimum Gasteiger partial charge on any atom is -0.316 e. The average molecular weight is 910 g/mol. The van der Waals surface area contributed by atoms with Crippen LogP contribution in [0, 0.1) is 0 Å². The number of nitrogens with zero attached hydrogens (tertiary/aromatic N) is 3. The van der Waals surface area contributed by atoms with Gasteiger partial charge in [0.25, 0.3) is 0 Å². The summed E-state index contributed by atoms with van der Waals surface area (Å²) in [5.74, 6) is 0. The van der Waals surface area contributed by atoms with Gasteiger partial charge >= 0.3 is 0 Å². The van der Waals surface area contributed by atoms with Gasteiger partial charge in [0.15, 0.2) is 0 Å². The van der Waals surface area contributed by atoms with E-state index >= 15 is 0 Å². The van der Waals surface area contributed by atoms with E-state index in [4.69, 9.17) is 0 Å². The number of hydrogen-bond acceptors (Lipinski definition) is 2. The fourth-order valence-corrected chi connectivity index (χ4v) is 12.0. The van der Waals surface area contributed by atoms with Crippen LogP contribution in [0.1, 0.15) is 0 Å². The van der Waals surface area contributed by atoms with Gasteiger partial charge in [-0.15, -0.1) is 11.3 Å². The average Bonchev–Trinajstić information content (AvgIpc) is 4.13. The highest BCUT2D eigenvalue weighted by atomic mass is 32.1. The first kappa shape index (κ1) is 40.1. The third-order valence-corrected chi connectivity index (χ3v) is 15.2. The molecule has 0 amide bonds. The number of thiophene rings is 1. The summed E-state index contributed by atoms with van der Waals surface area (Å²) in [5.41, 5.74) is 16.2. The zero-order chi connectivity index (χ0) is 46.1. The molecule has 70 heavy (non-hydrogen) atoms. The van der Waals surface area contributed by atoms with E-state index in [1.54, 1.807) is 0 Å². The first-order valence-corrected chi connectivity index (χ1v) is 24.7. The monoisotopic (exact) mass is 909 g/mol. The molecule has 0 saturated heterocycles. The molecule has 0 saturated carbocycles. The molecular formula is C66H43N3S. The molecule has 14 rings (SSSR count). The molecule has 3 aromatic heterocycles. The van der Waals surface area contributed by atoms with Gasteiger partial charge < -0.3 is 14.0 Å². The van der Waals surface area contributed by atoms with Crippen LogP contribution in [-0.4, -0.2) is 9.13 Å². The summed E-state index contributed by atoms with van der Waals surface area (Å²) in [6.07, 6.45) is 2.17. The van der Waals surface area contributed by atoms with Gasteiger partial charge in [0, 0.05) is 71.0 Å². The second-order valence-electron chi connectivity index (χ2n) is 18.1. The molecule has 0 unspecified atom stereocenters. The van der Waals surface area contributed by atoms with E-state index in [-0.39, 0.29) is 0 Å². The lowest BCUT2D eigenvalue weighted by Crippen LogP contribution is -2.10. The number of aromatic nitrogens is 2. The zero-order valence-corrected chi connectivity index (χ0v) is 38.9. The van der Waals surface area contributed by atoms with Crippen LogP contribution >= 0.6 is 11.3 Å². The normalized spacial score (nSPS) is 11.7. The molecule has 328 valence electrons. The maximum Gasteiger partial charge on any atom is 0.0549 e. The maximum absolute atomic E-state index is 2.43. The van der Waals surface area contributed by atoms with E-state index in [9.17, 15) is 0 Å². The third-order valence-electron chi connectivity index (χ3n) is 14.1. The Labute approximate surface area is 409 Å². The van der Waals surface area contributed by atoms with Crippen molar-refractivity contribution in [3.63, 3.8) is 0 Å². The molecule has 3 nitrogen and oxygen atoms in total. The second kappa shape index (κ2) is 16.4. The van der Waals surface area contributed by atoms with Crippen molar-refractivity contribution in [2.45, 2.75) is 0 Å². The van der Waals surface area contributed by atoms with Gasteiger partial charge in [-0.2, -0.15) is 0 Å². The lowest BCUT2D eigenvalue weighted by atomic mass is 9.94. The molecule has 14 aromatic rings. The molecule has 0 fully saturated rings. The molecule has 0 radical (unpaired) electrons. The fourth-order valence-electron chi connectivity index (χ4n) is 10.9. The Morgan fingerprint density at radius 1 is 0.314 bits per heavy atom. The van der Waals surface area contributed by atoms with Crippen molar-refractivity contribution in [2.24, 2.45) is 0 Å². The van der Waals surface area contributed by atoms with Crippen molar-refractivity contribution in [2.75, 3.05) is 4.90 Å². The highest BCUT2D eigenvalue weighted by molar-refractivity contribution is 7.25. The molecule has 0 N–H and O–H groups in total. The first-order valence-electron chi connectivity index (χ1n) is 23.9. The van der Waals surface area contributed by atoms with Crippen molar-refractivity contribution < 1.29 is 0 Å². The summed E-state index contributed by atoms with van der Waals surface area (Å²) >= 11 is 1.86. The molecule has 3 heterocycles. The predicted molar refractivity (Wildman–Crippen MR) is 299 cm³/mol. The predicted octanol–water partition coefficient (Wildman–Crippen LogP) is 18.7. The Kier molecular flexibility index (Phi) is 9.39. The van der Waals surface area contributed by atoms with Crippen LogP contribution in [-0.2, 0) is 0 Å². The van der Waals surface area contributed by atoms with Crippen LogP contribution in [0.2, 0.25) is 0 Å². The highest BCUT2D eigenvalue weighted by Crippen LogP contribution is 2.45. The molecule has 0 atom stereocenters. The lowest BCUT2D eigenvalue weighted by Gasteiger charge is -2.27. The lowest BCUT2D eigenvalue weighted by molar-refractivity contribution is 1.12. The summed E-state index contributed by atoms with van der Waals surface area (Å²) < 4.78 is 7.30. The van der Waals surface area contributed by atoms with Crippen LogP contribution in [0.3, 0.4) is 0 Å². The van der Waals surface area contributed by atoms with Crippen molar-refractivity contribution >= 4 is 92.1 Å². The molecule has 0 aliphatic heterocycles. The molecular weight excluding hydrogens is 867 g/mol. The second-order valence-corrected chi connectivity index (χ2v) is 19.2. The van der Waals surface area contributed by atoms with Crippen molar-refractivity contribution in [3.05, 3.63) is 261 Å². The maximum atomic E-state index is 2.43. The molecule has 0 aliphatic rings. The van der Waals surface area contributed by atoms with E-state index in [0.29, 0.717) is 0 Å². The molecule has 0 aliphatic carbocycles. The Morgan fingerprint density at radius 2 is 0.971 bits per heavy atom. The minimum atomic E-state index is 1.09. The third kappa shape index (κ3) is 6.64. The SMILES string of the molecule is c1ccc(N(c2ccc(-c3cccc4ccccc34)cc2)c2cc(-c3ccc4c(c3)c3ccccc3n4-c3ccc4ccn(-c5ccccc5)c4c3)cc(-c3cccc4sc5ccccc5c34)c2)cc1. The van der Waals surface area contributed by atoms with Crippen LogP contribution in [0.25, 0.3) is 108 Å². The standard InChI is InChI=1S/C66H43N3S/c1-3-17-50(18-4-1)67-38-37-46-31-35-53(43-63(46)67)69-61-26-11-9-22-58(61)60-42-47(32-36-62(60)69)48-39-49(57-25-14-28-65-66(57)59-23-10-12-27-64(59)70-65)41-54(40-48)68(51-19-5-2-6-20-51)52-33-29-45(30-34-52)56-24-13-16-44-15-7-8-21-55(44)56/h1-43H. The first-order chi connectivity index (χ1) is 34.7. The minimum absolute atomic E-state index is 1.09. The van der Waals surface area contributed by atoms with Gasteiger partial charge in [0.2, 0.25) is 0 Å². The molecule has 0 spiro atoms. The Bertz CT molecular complexity index is 4290. The number of hydrogen-bond donors (Lipinski definition) is 0. The van der Waals surface area contributed by atoms with E-state index in [0.717, 1.165) is 39.6 Å². The van der Waals surface area contributed by atoms with E-state index in [1.165, 1.54) is 85.9 Å². The van der Waals surface area contributed by atoms with Gasteiger partial charge in [0.1, 0.15) is 0 Å². The summed E-state index contributed by atoms with van der Waals surface area (Å²) in [4.78, 5) is 2.41. The Morgan fingerprint density at radius 3 is 1.84 bits per heavy atom. The number of anilines is 3. The molecule has 0 bridgehead atoms. The summed E-state index contributed by atoms with van der Waals surface area (Å²) in [5, 5.41) is 8.73. The Balaban J connectivity index is 0.968. The van der Waals surface area contributed by atoms with E-state index < -0.39 is 0 Å². The topological polar surface area (TPSA) is 13.1 Å². The van der Waals surface area contributed by atoms with E-state index in [2.05, 4.69) is 275 Å². The van der Waals surface area contributed by atoms with Crippen molar-refractivity contribution in [3.8, 4) is 44.8 Å². The zero-order valence-electron chi connectivity index (χ0n) is 38.1. The Hall–Kier alpha value is -8.96. The van der Waals surface area contributed by atoms with Gasteiger partial charge in [-0.3, -0.25) is 0 Å². The molecule has 4 heteroatoms. The van der Waals surface area contributed by atoms with Crippen LogP contribution in [0.4, 0.5) is 17.1 Å². The molecule has 11 aromatic carbocycles. The quantitative estimate of drug-likeness (QED) is 0.148. The number of fused-ring (bicyclic) bond motifs is 8. The van der Waals surface area contributed by atoms with E-state index in [1.807, 2.05) is 11.3 Å². The number of rotatable bonds is 8. The van der Waals surface area contributed by atoms with Gasteiger partial charge in [-0.25, -0.2) is 0 Å². The van der Waals surface area contributed by atoms with Crippen LogP contribution in [0.5, 0.6) is 0 Å². The van der Waals surface area contributed by atoms with Crippen LogP contribution in [0.15, 0.2) is 261 Å². The number of benzene rings is 11. The highest BCUT2D eigenvalue weighted by Gasteiger charge is 2.20.